The zero-order valence-corrected chi connectivity index (χ0v) is 23.6. The Kier molecular flexibility index (Phi) is 18.9. The van der Waals surface area contributed by atoms with Crippen LogP contribution in [-0.4, -0.2) is 71.2 Å². The molecular weight excluding hydrogens is 407 g/mol. The Morgan fingerprint density at radius 2 is 0.844 bits per heavy atom. The third kappa shape index (κ3) is 17.0. The van der Waals surface area contributed by atoms with Crippen molar-refractivity contribution in [3.63, 3.8) is 0 Å². The Bertz CT molecular complexity index is 598. The minimum absolute atomic E-state index is 0.0642. The predicted molar refractivity (Wildman–Crippen MR) is 136 cm³/mol. The van der Waals surface area contributed by atoms with Crippen molar-refractivity contribution in [2.75, 3.05) is 14.1 Å². The van der Waals surface area contributed by atoms with E-state index in [0.29, 0.717) is 0 Å². The lowest BCUT2D eigenvalue weighted by atomic mass is 9.58. The van der Waals surface area contributed by atoms with E-state index in [1.807, 2.05) is 53.5 Å². The molecule has 0 saturated heterocycles. The number of likely N-dealkylation sites (N-methyl/N-ethyl adjacent to an activating group) is 2. The molecule has 0 spiro atoms. The summed E-state index contributed by atoms with van der Waals surface area (Å²) in [6.07, 6.45) is 0. The molecule has 0 unspecified atom stereocenters. The number of carbonyl (C=O) groups excluding carboxylic acids is 5. The summed E-state index contributed by atoms with van der Waals surface area (Å²) in [5.74, 6) is -0.464. The monoisotopic (exact) mass is 456 g/mol. The maximum absolute atomic E-state index is 11.4. The Hall–Kier alpha value is -1.67. The lowest BCUT2D eigenvalue weighted by Crippen LogP contribution is -2.59. The molecule has 0 heterocycles. The van der Waals surface area contributed by atoms with Crippen molar-refractivity contribution in [3.05, 3.63) is 0 Å². The molecule has 0 aliphatic rings. The van der Waals surface area contributed by atoms with Crippen molar-refractivity contribution in [2.24, 2.45) is 0 Å². The van der Waals surface area contributed by atoms with Crippen molar-refractivity contribution in [2.45, 2.75) is 113 Å². The zero-order valence-electron chi connectivity index (χ0n) is 23.6. The molecule has 1 N–H and O–H groups in total. The fraction of sp³-hybridized carbons (Fsp3) is 0.792. The number of ketones is 5. The van der Waals surface area contributed by atoms with Crippen LogP contribution in [0.5, 0.6) is 0 Å². The van der Waals surface area contributed by atoms with Gasteiger partial charge in [0, 0.05) is 13.8 Å². The maximum Gasteiger partial charge on any atom is 0.195 e. The summed E-state index contributed by atoms with van der Waals surface area (Å²) in [7, 11) is 3.59. The van der Waals surface area contributed by atoms with Gasteiger partial charge in [-0.25, -0.2) is 0 Å². The van der Waals surface area contributed by atoms with E-state index in [4.69, 9.17) is 0 Å². The highest BCUT2D eigenvalue weighted by atomic mass is 16.2. The van der Waals surface area contributed by atoms with E-state index in [1.54, 1.807) is 27.8 Å². The van der Waals surface area contributed by atoms with Crippen LogP contribution in [0.4, 0.5) is 0 Å². The van der Waals surface area contributed by atoms with Gasteiger partial charge in [-0.2, -0.15) is 0 Å². The van der Waals surface area contributed by atoms with Gasteiger partial charge in [0.15, 0.2) is 11.6 Å². The number of Topliss-reactive ketones (excluding diaryl/α,β-unsaturated/α-hetero) is 5. The number of rotatable bonds is 7. The predicted octanol–water partition coefficient (Wildman–Crippen LogP) is 3.76. The van der Waals surface area contributed by atoms with Gasteiger partial charge in [-0.1, -0.05) is 20.5 Å². The summed E-state index contributed by atoms with van der Waals surface area (Å²) in [5.41, 5.74) is -1.55. The molecule has 32 heavy (non-hydrogen) atoms. The Morgan fingerprint density at radius 3 is 0.906 bits per heavy atom. The van der Waals surface area contributed by atoms with E-state index in [2.05, 4.69) is 25.8 Å². The largest absolute Gasteiger partial charge is 0.308 e. The first-order valence-corrected chi connectivity index (χ1v) is 10.9. The molecule has 0 aromatic heterocycles. The second-order valence-corrected chi connectivity index (χ2v) is 10.1. The van der Waals surface area contributed by atoms with Crippen molar-refractivity contribution < 1.29 is 24.0 Å². The van der Waals surface area contributed by atoms with Crippen molar-refractivity contribution in [1.29, 1.82) is 0 Å². The summed E-state index contributed by atoms with van der Waals surface area (Å²) >= 11 is 0. The minimum Gasteiger partial charge on any atom is -0.308 e. The molecule has 0 amide bonds. The molecule has 0 saturated carbocycles. The van der Waals surface area contributed by atoms with Crippen LogP contribution in [0.1, 0.15) is 76.2 Å². The van der Waals surface area contributed by atoms with Gasteiger partial charge in [0.05, 0.1) is 16.6 Å². The fourth-order valence-electron chi connectivity index (χ4n) is 1.35. The van der Waals surface area contributed by atoms with E-state index in [1.165, 1.54) is 13.8 Å². The SMILES string of the molecule is CB(C)C.CC(=O)C(C)(C)N(C)C(C)(C)C(C)=O.CC(=O)C(C)=O.CNC(C)(C)C(C)=O. The molecule has 0 atom stereocenters. The third-order valence-corrected chi connectivity index (χ3v) is 5.40. The molecule has 8 heteroatoms. The normalized spacial score (nSPS) is 10.9. The Morgan fingerprint density at radius 1 is 0.625 bits per heavy atom. The van der Waals surface area contributed by atoms with Crippen molar-refractivity contribution in [3.8, 4) is 0 Å². The lowest BCUT2D eigenvalue weighted by Gasteiger charge is -2.43. The molecule has 188 valence electrons. The number of nitrogens with one attached hydrogen (secondary N) is 1. The molecule has 0 bridgehead atoms. The summed E-state index contributed by atoms with van der Waals surface area (Å²) in [6, 6.07) is 0. The summed E-state index contributed by atoms with van der Waals surface area (Å²) < 4.78 is 0. The first-order chi connectivity index (χ1) is 13.9. The topological polar surface area (TPSA) is 101 Å². The summed E-state index contributed by atoms with van der Waals surface area (Å²) in [4.78, 5) is 54.9. The van der Waals surface area contributed by atoms with Crippen LogP contribution in [0.2, 0.25) is 20.5 Å². The average molecular weight is 456 g/mol. The molecule has 0 aromatic carbocycles. The molecule has 0 aliphatic heterocycles. The van der Waals surface area contributed by atoms with Gasteiger partial charge in [-0.15, -0.1) is 0 Å². The molecule has 0 rings (SSSR count). The van der Waals surface area contributed by atoms with Gasteiger partial charge in [0.25, 0.3) is 0 Å². The first-order valence-electron chi connectivity index (χ1n) is 10.9. The van der Waals surface area contributed by atoms with Crippen LogP contribution < -0.4 is 5.32 Å². The van der Waals surface area contributed by atoms with E-state index in [-0.39, 0.29) is 34.5 Å². The van der Waals surface area contributed by atoms with Gasteiger partial charge < -0.3 is 5.32 Å². The zero-order chi connectivity index (χ0) is 27.2. The third-order valence-electron chi connectivity index (χ3n) is 5.40. The van der Waals surface area contributed by atoms with Gasteiger partial charge in [-0.05, 0) is 76.4 Å². The van der Waals surface area contributed by atoms with Crippen LogP contribution in [0, 0.1) is 0 Å². The standard InChI is InChI=1S/C11H21NO2.C6H13NO.C4H6O2.C3H9B/c1-8(13)10(3,4)12(7)11(5,6)9(2)14;1-5(8)6(2,3)7-4;1-3(5)4(2)6;1-4(2)3/h1-7H3;7H,1-4H3;1-2H3;1-3H3. The van der Waals surface area contributed by atoms with Crippen LogP contribution in [0.15, 0.2) is 0 Å². The molecule has 0 fully saturated rings. The number of hydrogen-bond acceptors (Lipinski definition) is 7. The highest BCUT2D eigenvalue weighted by molar-refractivity contribution is 6.54. The molecule has 0 aliphatic carbocycles. The quantitative estimate of drug-likeness (QED) is 0.460. The number of hydrogen-bond donors (Lipinski definition) is 1. The average Bonchev–Trinajstić information content (AvgIpc) is 2.60. The van der Waals surface area contributed by atoms with Crippen LogP contribution in [0.3, 0.4) is 0 Å². The second kappa shape index (κ2) is 16.0. The van der Waals surface area contributed by atoms with Crippen LogP contribution in [-0.2, 0) is 24.0 Å². The van der Waals surface area contributed by atoms with E-state index in [9.17, 15) is 24.0 Å². The van der Waals surface area contributed by atoms with Crippen molar-refractivity contribution in [1.82, 2.24) is 10.2 Å². The highest BCUT2D eigenvalue weighted by Crippen LogP contribution is 2.24. The number of nitrogens with zero attached hydrogens (tertiary/aromatic N) is 1. The number of carbonyl (C=O) groups is 5. The summed E-state index contributed by atoms with van der Waals surface area (Å²) in [6.45, 7) is 25.6. The van der Waals surface area contributed by atoms with Crippen LogP contribution >= 0.6 is 0 Å². The van der Waals surface area contributed by atoms with Gasteiger partial charge in [-0.3, -0.25) is 28.9 Å². The Balaban J connectivity index is -0.000000184. The van der Waals surface area contributed by atoms with Gasteiger partial charge in [0.1, 0.15) is 24.1 Å². The molecule has 0 aromatic rings. The molecule has 7 nitrogen and oxygen atoms in total. The van der Waals surface area contributed by atoms with Crippen LogP contribution in [0.25, 0.3) is 0 Å². The second-order valence-electron chi connectivity index (χ2n) is 10.1. The van der Waals surface area contributed by atoms with Gasteiger partial charge in [0.2, 0.25) is 0 Å². The minimum atomic E-state index is -0.602. The molecule has 0 radical (unpaired) electrons. The highest BCUT2D eigenvalue weighted by Gasteiger charge is 2.40. The van der Waals surface area contributed by atoms with E-state index >= 15 is 0 Å². The summed E-state index contributed by atoms with van der Waals surface area (Å²) in [5, 5.41) is 2.89. The maximum atomic E-state index is 11.4. The first kappa shape index (κ1) is 37.6. The smallest absolute Gasteiger partial charge is 0.195 e. The lowest BCUT2D eigenvalue weighted by molar-refractivity contribution is -0.137. The Labute approximate surface area is 197 Å². The molecular formula is C24H49BN2O5. The van der Waals surface area contributed by atoms with Gasteiger partial charge >= 0.3 is 0 Å². The fourth-order valence-corrected chi connectivity index (χ4v) is 1.35. The van der Waals surface area contributed by atoms with Crippen molar-refractivity contribution >= 4 is 35.6 Å². The van der Waals surface area contributed by atoms with E-state index < -0.39 is 11.1 Å². The van der Waals surface area contributed by atoms with E-state index in [0.717, 1.165) is 6.71 Å².